The maximum atomic E-state index is 13.1. The van der Waals surface area contributed by atoms with Gasteiger partial charge in [-0.05, 0) is 38.8 Å². The van der Waals surface area contributed by atoms with E-state index >= 15 is 0 Å². The molecule has 0 unspecified atom stereocenters. The van der Waals surface area contributed by atoms with Crippen LogP contribution in [0, 0.1) is 13.8 Å². The number of hydrogen-bond acceptors (Lipinski definition) is 7. The lowest BCUT2D eigenvalue weighted by atomic mass is 10.1. The molecule has 0 amide bonds. The lowest BCUT2D eigenvalue weighted by Gasteiger charge is -2.23. The highest BCUT2D eigenvalue weighted by Crippen LogP contribution is 2.36. The highest BCUT2D eigenvalue weighted by atomic mass is 32.2. The average molecular weight is 385 g/mol. The normalized spacial score (nSPS) is 18.1. The largest absolute Gasteiger partial charge is 0.361 e. The molecule has 1 aliphatic rings. The van der Waals surface area contributed by atoms with E-state index in [1.807, 2.05) is 13.8 Å². The average Bonchev–Trinajstić information content (AvgIpc) is 3.30. The summed E-state index contributed by atoms with van der Waals surface area (Å²) in [5.74, 6) is 0.658. The van der Waals surface area contributed by atoms with Gasteiger partial charge in [0.15, 0.2) is 0 Å². The Morgan fingerprint density at radius 1 is 1.19 bits per heavy atom. The molecular formula is C18H19N5O3S. The molecule has 27 heavy (non-hydrogen) atoms. The molecule has 4 heterocycles. The fourth-order valence-electron chi connectivity index (χ4n) is 3.47. The van der Waals surface area contributed by atoms with Crippen molar-refractivity contribution < 1.29 is 12.9 Å². The Hall–Kier alpha value is -2.65. The molecule has 9 heteroatoms. The molecule has 0 bridgehead atoms. The van der Waals surface area contributed by atoms with Crippen molar-refractivity contribution in [2.75, 3.05) is 6.54 Å². The summed E-state index contributed by atoms with van der Waals surface area (Å²) in [6.07, 6.45) is 7.66. The van der Waals surface area contributed by atoms with Gasteiger partial charge in [0.05, 0.1) is 41.1 Å². The van der Waals surface area contributed by atoms with Crippen LogP contribution in [0.25, 0.3) is 11.3 Å². The van der Waals surface area contributed by atoms with Gasteiger partial charge in [-0.3, -0.25) is 9.97 Å². The maximum absolute atomic E-state index is 13.1. The summed E-state index contributed by atoms with van der Waals surface area (Å²) in [4.78, 5) is 13.1. The van der Waals surface area contributed by atoms with E-state index in [-0.39, 0.29) is 10.9 Å². The molecule has 1 atom stereocenters. The molecular weight excluding hydrogens is 366 g/mol. The van der Waals surface area contributed by atoms with Gasteiger partial charge in [0.2, 0.25) is 10.0 Å². The molecule has 1 aliphatic heterocycles. The number of hydrogen-bond donors (Lipinski definition) is 0. The lowest BCUT2D eigenvalue weighted by molar-refractivity contribution is 0.389. The van der Waals surface area contributed by atoms with Crippen molar-refractivity contribution in [1.82, 2.24) is 24.4 Å². The van der Waals surface area contributed by atoms with E-state index < -0.39 is 10.0 Å². The van der Waals surface area contributed by atoms with E-state index in [2.05, 4.69) is 15.1 Å². The zero-order valence-corrected chi connectivity index (χ0v) is 15.8. The molecule has 0 radical (unpaired) electrons. The standard InChI is InChI=1S/C18H19N5O3S/c1-12-18(13(2)26-22-12)16-11-20-10-15(21-16)17-6-4-8-23(17)27(24,25)14-5-3-7-19-9-14/h3,5,7,9-11,17H,4,6,8H2,1-2H3/t17-/m1/s1. The first-order chi connectivity index (χ1) is 13.0. The summed E-state index contributed by atoms with van der Waals surface area (Å²) in [7, 11) is -3.65. The van der Waals surface area contributed by atoms with Crippen molar-refractivity contribution >= 4 is 10.0 Å². The quantitative estimate of drug-likeness (QED) is 0.680. The van der Waals surface area contributed by atoms with Gasteiger partial charge in [-0.15, -0.1) is 0 Å². The number of sulfonamides is 1. The van der Waals surface area contributed by atoms with E-state index in [4.69, 9.17) is 9.51 Å². The Balaban J connectivity index is 1.72. The predicted octanol–water partition coefficient (Wildman–Crippen LogP) is 2.67. The van der Waals surface area contributed by atoms with Crippen molar-refractivity contribution in [2.45, 2.75) is 37.6 Å². The maximum Gasteiger partial charge on any atom is 0.245 e. The van der Waals surface area contributed by atoms with Gasteiger partial charge < -0.3 is 4.52 Å². The first-order valence-corrected chi connectivity index (χ1v) is 10.1. The Kier molecular flexibility index (Phi) is 4.48. The fraction of sp³-hybridized carbons (Fsp3) is 0.333. The van der Waals surface area contributed by atoms with Crippen LogP contribution in [-0.2, 0) is 10.0 Å². The minimum absolute atomic E-state index is 0.187. The molecule has 140 valence electrons. The van der Waals surface area contributed by atoms with Gasteiger partial charge in [-0.2, -0.15) is 4.31 Å². The minimum Gasteiger partial charge on any atom is -0.361 e. The third-order valence-corrected chi connectivity index (χ3v) is 6.62. The van der Waals surface area contributed by atoms with Gasteiger partial charge in [-0.1, -0.05) is 5.16 Å². The van der Waals surface area contributed by atoms with Crippen LogP contribution in [0.5, 0.6) is 0 Å². The molecule has 0 aromatic carbocycles. The first kappa shape index (κ1) is 17.7. The fourth-order valence-corrected chi connectivity index (χ4v) is 5.10. The van der Waals surface area contributed by atoms with Crippen LogP contribution in [0.4, 0.5) is 0 Å². The monoisotopic (exact) mass is 385 g/mol. The SMILES string of the molecule is Cc1noc(C)c1-c1cncc([C@H]2CCCN2S(=O)(=O)c2cccnc2)n1. The van der Waals surface area contributed by atoms with Crippen LogP contribution >= 0.6 is 0 Å². The number of pyridine rings is 1. The molecule has 1 fully saturated rings. The van der Waals surface area contributed by atoms with E-state index in [0.717, 1.165) is 17.7 Å². The van der Waals surface area contributed by atoms with Gasteiger partial charge in [0.25, 0.3) is 0 Å². The number of rotatable bonds is 4. The Morgan fingerprint density at radius 3 is 2.74 bits per heavy atom. The van der Waals surface area contributed by atoms with E-state index in [0.29, 0.717) is 30.1 Å². The van der Waals surface area contributed by atoms with Crippen molar-refractivity contribution in [2.24, 2.45) is 0 Å². The molecule has 3 aromatic heterocycles. The van der Waals surface area contributed by atoms with Crippen LogP contribution < -0.4 is 0 Å². The first-order valence-electron chi connectivity index (χ1n) is 8.65. The number of aryl methyl sites for hydroxylation is 2. The smallest absolute Gasteiger partial charge is 0.245 e. The summed E-state index contributed by atoms with van der Waals surface area (Å²) >= 11 is 0. The molecule has 0 aliphatic carbocycles. The van der Waals surface area contributed by atoms with Crippen LogP contribution in [0.2, 0.25) is 0 Å². The van der Waals surface area contributed by atoms with Gasteiger partial charge in [0.1, 0.15) is 10.7 Å². The molecule has 4 rings (SSSR count). The Bertz CT molecular complexity index is 1050. The third kappa shape index (κ3) is 3.13. The highest BCUT2D eigenvalue weighted by molar-refractivity contribution is 7.89. The molecule has 0 spiro atoms. The van der Waals surface area contributed by atoms with Crippen molar-refractivity contribution in [3.05, 3.63) is 54.1 Å². The van der Waals surface area contributed by atoms with Crippen molar-refractivity contribution in [1.29, 1.82) is 0 Å². The summed E-state index contributed by atoms with van der Waals surface area (Å²) in [6, 6.07) is 2.82. The lowest BCUT2D eigenvalue weighted by Crippen LogP contribution is -2.31. The van der Waals surface area contributed by atoms with Gasteiger partial charge >= 0.3 is 0 Å². The molecule has 1 saturated heterocycles. The van der Waals surface area contributed by atoms with Gasteiger partial charge in [0, 0.05) is 18.9 Å². The zero-order valence-electron chi connectivity index (χ0n) is 15.0. The van der Waals surface area contributed by atoms with Crippen LogP contribution in [0.1, 0.15) is 36.0 Å². The molecule has 8 nitrogen and oxygen atoms in total. The Morgan fingerprint density at radius 2 is 2.04 bits per heavy atom. The Labute approximate surface area is 157 Å². The van der Waals surface area contributed by atoms with Crippen molar-refractivity contribution in [3.8, 4) is 11.3 Å². The third-order valence-electron chi connectivity index (χ3n) is 4.73. The summed E-state index contributed by atoms with van der Waals surface area (Å²) in [6.45, 7) is 4.10. The van der Waals surface area contributed by atoms with E-state index in [9.17, 15) is 8.42 Å². The number of nitrogens with zero attached hydrogens (tertiary/aromatic N) is 5. The molecule has 0 N–H and O–H groups in total. The summed E-state index contributed by atoms with van der Waals surface area (Å²) in [5.41, 5.74) is 2.78. The second-order valence-electron chi connectivity index (χ2n) is 6.49. The second-order valence-corrected chi connectivity index (χ2v) is 8.38. The van der Waals surface area contributed by atoms with Gasteiger partial charge in [-0.25, -0.2) is 13.4 Å². The van der Waals surface area contributed by atoms with Crippen LogP contribution in [0.3, 0.4) is 0 Å². The zero-order chi connectivity index (χ0) is 19.0. The van der Waals surface area contributed by atoms with Crippen LogP contribution in [-0.4, -0.2) is 39.4 Å². The summed E-state index contributed by atoms with van der Waals surface area (Å²) in [5, 5.41) is 3.96. The van der Waals surface area contributed by atoms with Crippen LogP contribution in [0.15, 0.2) is 46.3 Å². The summed E-state index contributed by atoms with van der Waals surface area (Å²) < 4.78 is 32.8. The number of aromatic nitrogens is 4. The van der Waals surface area contributed by atoms with E-state index in [1.165, 1.54) is 10.5 Å². The molecule has 0 saturated carbocycles. The highest BCUT2D eigenvalue weighted by Gasteiger charge is 2.37. The molecule has 3 aromatic rings. The van der Waals surface area contributed by atoms with Crippen molar-refractivity contribution in [3.63, 3.8) is 0 Å². The second kappa shape index (κ2) is 6.82. The predicted molar refractivity (Wildman–Crippen MR) is 97.1 cm³/mol. The van der Waals surface area contributed by atoms with E-state index in [1.54, 1.807) is 30.7 Å². The topological polar surface area (TPSA) is 102 Å². The minimum atomic E-state index is -3.65.